The minimum atomic E-state index is -1.19. The van der Waals surface area contributed by atoms with Gasteiger partial charge in [0.15, 0.2) is 0 Å². The van der Waals surface area contributed by atoms with Gasteiger partial charge in [-0.1, -0.05) is 12.8 Å². The van der Waals surface area contributed by atoms with E-state index in [4.69, 9.17) is 5.11 Å². The Morgan fingerprint density at radius 3 is 2.74 bits per heavy atom. The molecule has 2 atom stereocenters. The molecule has 19 heavy (non-hydrogen) atoms. The number of carbonyl (C=O) groups excluding carboxylic acids is 1. The van der Waals surface area contributed by atoms with Crippen LogP contribution in [-0.4, -0.2) is 39.2 Å². The highest BCUT2D eigenvalue weighted by Gasteiger charge is 2.26. The Labute approximate surface area is 110 Å². The van der Waals surface area contributed by atoms with E-state index in [0.29, 0.717) is 12.8 Å². The molecule has 6 nitrogen and oxygen atoms in total. The summed E-state index contributed by atoms with van der Waals surface area (Å²) in [7, 11) is 0. The van der Waals surface area contributed by atoms with Crippen molar-refractivity contribution in [1.29, 1.82) is 0 Å². The lowest BCUT2D eigenvalue weighted by molar-refractivity contribution is 0.0672. The molecule has 1 aromatic rings. The first-order valence-corrected chi connectivity index (χ1v) is 6.27. The van der Waals surface area contributed by atoms with Crippen LogP contribution in [0.2, 0.25) is 0 Å². The lowest BCUT2D eigenvalue weighted by Crippen LogP contribution is -2.45. The summed E-state index contributed by atoms with van der Waals surface area (Å²) in [6, 6.07) is 2.47. The highest BCUT2D eigenvalue weighted by atomic mass is 16.4. The molecule has 0 radical (unpaired) electrons. The first kappa shape index (κ1) is 13.5. The summed E-state index contributed by atoms with van der Waals surface area (Å²) in [5.74, 6) is -1.74. The summed E-state index contributed by atoms with van der Waals surface area (Å²) in [5, 5.41) is 21.5. The lowest BCUT2D eigenvalue weighted by Gasteiger charge is -2.28. The molecule has 1 fully saturated rings. The maximum Gasteiger partial charge on any atom is 0.338 e. The summed E-state index contributed by atoms with van der Waals surface area (Å²) in [5.41, 5.74) is -0.252. The smallest absolute Gasteiger partial charge is 0.338 e. The predicted octanol–water partition coefficient (Wildman–Crippen LogP) is 0.813. The number of pyridine rings is 1. The van der Waals surface area contributed by atoms with Crippen molar-refractivity contribution >= 4 is 11.9 Å². The van der Waals surface area contributed by atoms with Gasteiger partial charge in [0, 0.05) is 6.20 Å². The third-order valence-corrected chi connectivity index (χ3v) is 3.30. The van der Waals surface area contributed by atoms with Gasteiger partial charge in [-0.25, -0.2) is 4.79 Å². The van der Waals surface area contributed by atoms with Crippen molar-refractivity contribution in [2.45, 2.75) is 37.8 Å². The van der Waals surface area contributed by atoms with Gasteiger partial charge < -0.3 is 15.5 Å². The standard InChI is InChI=1S/C13H16N2O4/c16-10-6-2-1-5-9(10)15-12(17)11-8(13(18)19)4-3-7-14-11/h3-4,7,9-10,16H,1-2,5-6H2,(H,15,17)(H,18,19)/t9-,10-/m0/s1. The Morgan fingerprint density at radius 2 is 2.05 bits per heavy atom. The molecule has 102 valence electrons. The molecule has 0 bridgehead atoms. The van der Waals surface area contributed by atoms with Gasteiger partial charge in [0.1, 0.15) is 5.69 Å². The number of amides is 1. The molecule has 0 saturated heterocycles. The lowest BCUT2D eigenvalue weighted by atomic mass is 9.92. The van der Waals surface area contributed by atoms with Crippen LogP contribution < -0.4 is 5.32 Å². The van der Waals surface area contributed by atoms with Crippen molar-refractivity contribution in [3.8, 4) is 0 Å². The molecule has 0 unspecified atom stereocenters. The second-order valence-electron chi connectivity index (χ2n) is 4.64. The van der Waals surface area contributed by atoms with E-state index in [-0.39, 0.29) is 17.3 Å². The van der Waals surface area contributed by atoms with Crippen LogP contribution in [0.5, 0.6) is 0 Å². The summed E-state index contributed by atoms with van der Waals surface area (Å²) in [6.07, 6.45) is 4.03. The molecule has 1 saturated carbocycles. The van der Waals surface area contributed by atoms with Crippen molar-refractivity contribution in [3.05, 3.63) is 29.6 Å². The molecule has 0 aliphatic heterocycles. The molecule has 0 spiro atoms. The Bertz CT molecular complexity index is 489. The zero-order chi connectivity index (χ0) is 13.8. The van der Waals surface area contributed by atoms with Crippen LogP contribution in [-0.2, 0) is 0 Å². The average molecular weight is 264 g/mol. The van der Waals surface area contributed by atoms with E-state index in [1.807, 2.05) is 0 Å². The number of rotatable bonds is 3. The van der Waals surface area contributed by atoms with Crippen LogP contribution in [0.25, 0.3) is 0 Å². The normalized spacial score (nSPS) is 22.8. The third kappa shape index (κ3) is 3.08. The van der Waals surface area contributed by atoms with E-state index >= 15 is 0 Å². The monoisotopic (exact) mass is 264 g/mol. The van der Waals surface area contributed by atoms with E-state index in [9.17, 15) is 14.7 Å². The molecule has 1 aromatic heterocycles. The number of nitrogens with one attached hydrogen (secondary N) is 1. The average Bonchev–Trinajstić information content (AvgIpc) is 2.41. The van der Waals surface area contributed by atoms with Crippen molar-refractivity contribution in [3.63, 3.8) is 0 Å². The van der Waals surface area contributed by atoms with Gasteiger partial charge in [-0.2, -0.15) is 0 Å². The quantitative estimate of drug-likeness (QED) is 0.750. The summed E-state index contributed by atoms with van der Waals surface area (Å²) < 4.78 is 0. The predicted molar refractivity (Wildman–Crippen MR) is 66.9 cm³/mol. The van der Waals surface area contributed by atoms with Crippen molar-refractivity contribution in [2.75, 3.05) is 0 Å². The number of carbonyl (C=O) groups is 2. The summed E-state index contributed by atoms with van der Waals surface area (Å²) in [6.45, 7) is 0. The Hall–Kier alpha value is -1.95. The molecule has 1 aliphatic carbocycles. The van der Waals surface area contributed by atoms with E-state index in [1.165, 1.54) is 18.3 Å². The number of hydrogen-bond acceptors (Lipinski definition) is 4. The molecular formula is C13H16N2O4. The molecule has 1 heterocycles. The number of hydrogen-bond donors (Lipinski definition) is 3. The van der Waals surface area contributed by atoms with Crippen LogP contribution in [0.4, 0.5) is 0 Å². The second-order valence-corrected chi connectivity index (χ2v) is 4.64. The van der Waals surface area contributed by atoms with Gasteiger partial charge in [-0.05, 0) is 25.0 Å². The van der Waals surface area contributed by atoms with E-state index in [2.05, 4.69) is 10.3 Å². The Morgan fingerprint density at radius 1 is 1.32 bits per heavy atom. The molecule has 2 rings (SSSR count). The van der Waals surface area contributed by atoms with Crippen LogP contribution in [0.15, 0.2) is 18.3 Å². The van der Waals surface area contributed by atoms with E-state index in [1.54, 1.807) is 0 Å². The SMILES string of the molecule is O=C(O)c1cccnc1C(=O)N[C@H]1CCCC[C@@H]1O. The van der Waals surface area contributed by atoms with E-state index in [0.717, 1.165) is 12.8 Å². The molecular weight excluding hydrogens is 248 g/mol. The van der Waals surface area contributed by atoms with Gasteiger partial charge in [-0.15, -0.1) is 0 Å². The zero-order valence-corrected chi connectivity index (χ0v) is 10.4. The minimum absolute atomic E-state index is 0.118. The van der Waals surface area contributed by atoms with Crippen LogP contribution in [0.1, 0.15) is 46.5 Å². The number of aromatic carboxylic acids is 1. The van der Waals surface area contributed by atoms with Crippen molar-refractivity contribution in [2.24, 2.45) is 0 Å². The Balaban J connectivity index is 2.13. The first-order chi connectivity index (χ1) is 9.09. The molecule has 0 aromatic carbocycles. The second kappa shape index (κ2) is 5.79. The van der Waals surface area contributed by atoms with Gasteiger partial charge in [-0.3, -0.25) is 9.78 Å². The number of carboxylic acids is 1. The maximum atomic E-state index is 12.0. The fourth-order valence-corrected chi connectivity index (χ4v) is 2.28. The molecule has 1 amide bonds. The van der Waals surface area contributed by atoms with E-state index < -0.39 is 18.0 Å². The van der Waals surface area contributed by atoms with Crippen molar-refractivity contribution < 1.29 is 19.8 Å². The maximum absolute atomic E-state index is 12.0. The fraction of sp³-hybridized carbons (Fsp3) is 0.462. The number of aliphatic hydroxyl groups excluding tert-OH is 1. The summed E-state index contributed by atoms with van der Waals surface area (Å²) in [4.78, 5) is 26.9. The van der Waals surface area contributed by atoms with Crippen LogP contribution in [0.3, 0.4) is 0 Å². The highest BCUT2D eigenvalue weighted by Crippen LogP contribution is 2.19. The van der Waals surface area contributed by atoms with Crippen molar-refractivity contribution in [1.82, 2.24) is 10.3 Å². The largest absolute Gasteiger partial charge is 0.478 e. The van der Waals surface area contributed by atoms with Gasteiger partial charge in [0.2, 0.25) is 0 Å². The van der Waals surface area contributed by atoms with Gasteiger partial charge in [0.25, 0.3) is 5.91 Å². The third-order valence-electron chi connectivity index (χ3n) is 3.30. The molecule has 3 N–H and O–H groups in total. The molecule has 1 aliphatic rings. The number of aromatic nitrogens is 1. The number of aliphatic hydroxyl groups is 1. The highest BCUT2D eigenvalue weighted by molar-refractivity contribution is 6.03. The molecule has 6 heteroatoms. The first-order valence-electron chi connectivity index (χ1n) is 6.27. The van der Waals surface area contributed by atoms with Crippen LogP contribution in [0, 0.1) is 0 Å². The summed E-state index contributed by atoms with van der Waals surface area (Å²) >= 11 is 0. The topological polar surface area (TPSA) is 99.5 Å². The van der Waals surface area contributed by atoms with Gasteiger partial charge >= 0.3 is 5.97 Å². The number of nitrogens with zero attached hydrogens (tertiary/aromatic N) is 1. The number of carboxylic acid groups (broad SMARTS) is 1. The fourth-order valence-electron chi connectivity index (χ4n) is 2.28. The van der Waals surface area contributed by atoms with Crippen LogP contribution >= 0.6 is 0 Å². The van der Waals surface area contributed by atoms with Gasteiger partial charge in [0.05, 0.1) is 17.7 Å². The zero-order valence-electron chi connectivity index (χ0n) is 10.4. The Kier molecular flexibility index (Phi) is 4.11. The minimum Gasteiger partial charge on any atom is -0.478 e.